The first-order chi connectivity index (χ1) is 39.0. The number of pyridine rings is 1. The van der Waals surface area contributed by atoms with Crippen molar-refractivity contribution in [3.8, 4) is 6.07 Å². The van der Waals surface area contributed by atoms with Crippen molar-refractivity contribution < 1.29 is 72.0 Å². The van der Waals surface area contributed by atoms with Gasteiger partial charge >= 0.3 is 17.9 Å². The number of aromatic nitrogens is 1. The number of carboxylic acid groups (broad SMARTS) is 3. The van der Waals surface area contributed by atoms with Gasteiger partial charge in [-0.2, -0.15) is 5.26 Å². The Morgan fingerprint density at radius 3 is 1.78 bits per heavy atom. The number of amides is 7. The highest BCUT2D eigenvalue weighted by atomic mass is 19.3. The Morgan fingerprint density at radius 2 is 1.21 bits per heavy atom. The quantitative estimate of drug-likeness (QED) is 0.0428. The van der Waals surface area contributed by atoms with Crippen molar-refractivity contribution in [1.82, 2.24) is 61.4 Å². The van der Waals surface area contributed by atoms with Crippen LogP contribution in [0.25, 0.3) is 0 Å². The fourth-order valence-electron chi connectivity index (χ4n) is 9.05. The van der Waals surface area contributed by atoms with Crippen molar-refractivity contribution in [2.24, 2.45) is 0 Å². The van der Waals surface area contributed by atoms with Crippen molar-refractivity contribution in [2.75, 3.05) is 111 Å². The van der Waals surface area contributed by atoms with Gasteiger partial charge in [0.05, 0.1) is 57.6 Å². The number of aliphatic carboxylic acids is 3. The first-order valence-electron chi connectivity index (χ1n) is 27.3. The molecule has 2 saturated heterocycles. The standard InChI is InChI=1S/C54H77F2N13O13/c1-37-9-11-39(12-10-37)6-5-8-44(70)59-16-17-60-53(82)43(7-3-4-15-58-47(73)32-65-18-20-66(33-49(75)76)22-24-68(35-51(79)80)25-23-67(21-19-65)34-50(77)78)64-46(72)14-13-45(71)62-30-40-26-42(38(2)29-61-40)52(81)63-31-48(74)69-36-54(55,56)27-41(69)28-57/h9-12,26,29,41,43H,3-8,13-25,27,30-36H2,1-2H3,(H,58,73)(H,59,70)(H,60,82)(H,62,71)(H,63,81)(H,64,72)(H,75,76)(H,77,78)(H,79,80)/t41-,43?/m0/s1. The number of alkyl halides is 2. The third-order valence-electron chi connectivity index (χ3n) is 13.6. The number of carbonyl (C=O) groups is 10. The second-order valence-electron chi connectivity index (χ2n) is 20.4. The lowest BCUT2D eigenvalue weighted by molar-refractivity contribution is -0.140. The molecular weight excluding hydrogens is 1080 g/mol. The summed E-state index contributed by atoms with van der Waals surface area (Å²) in [5.74, 6) is -10.3. The lowest BCUT2D eigenvalue weighted by Gasteiger charge is -2.32. The number of unbranched alkanes of at least 4 members (excludes halogenated alkanes) is 1. The summed E-state index contributed by atoms with van der Waals surface area (Å²) in [6.45, 7) is 2.95. The van der Waals surface area contributed by atoms with Gasteiger partial charge in [-0.25, -0.2) is 8.78 Å². The predicted octanol–water partition coefficient (Wildman–Crippen LogP) is -0.914. The first-order valence-corrected chi connectivity index (χ1v) is 27.3. The van der Waals surface area contributed by atoms with Crippen LogP contribution in [0.3, 0.4) is 0 Å². The van der Waals surface area contributed by atoms with Gasteiger partial charge in [0.25, 0.3) is 11.8 Å². The second-order valence-corrected chi connectivity index (χ2v) is 20.4. The lowest BCUT2D eigenvalue weighted by Crippen LogP contribution is -2.49. The van der Waals surface area contributed by atoms with Crippen LogP contribution >= 0.6 is 0 Å². The molecule has 2 aliphatic rings. The van der Waals surface area contributed by atoms with Crippen LogP contribution in [0.4, 0.5) is 8.78 Å². The van der Waals surface area contributed by atoms with E-state index >= 15 is 0 Å². The van der Waals surface area contributed by atoms with Gasteiger partial charge in [0.15, 0.2) is 0 Å². The van der Waals surface area contributed by atoms with Crippen molar-refractivity contribution in [3.05, 3.63) is 64.5 Å². The average Bonchev–Trinajstić information content (AvgIpc) is 3.98. The molecule has 1 aromatic carbocycles. The Hall–Kier alpha value is -7.74. The molecule has 82 heavy (non-hydrogen) atoms. The number of nitriles is 1. The summed E-state index contributed by atoms with van der Waals surface area (Å²) in [6.07, 6.45) is 2.38. The number of carbonyl (C=O) groups excluding carboxylic acids is 7. The molecule has 0 aliphatic carbocycles. The number of hydrogen-bond donors (Lipinski definition) is 9. The highest BCUT2D eigenvalue weighted by Crippen LogP contribution is 2.31. The Kier molecular flexibility index (Phi) is 28.1. The van der Waals surface area contributed by atoms with Gasteiger partial charge in [0.1, 0.15) is 12.1 Å². The summed E-state index contributed by atoms with van der Waals surface area (Å²) in [7, 11) is 0. The zero-order chi connectivity index (χ0) is 60.2. The van der Waals surface area contributed by atoms with Gasteiger partial charge in [0, 0.05) is 109 Å². The van der Waals surface area contributed by atoms with Gasteiger partial charge in [-0.1, -0.05) is 29.8 Å². The summed E-state index contributed by atoms with van der Waals surface area (Å²) in [5, 5.41) is 53.8. The summed E-state index contributed by atoms with van der Waals surface area (Å²) >= 11 is 0. The van der Waals surface area contributed by atoms with E-state index in [1.807, 2.05) is 31.2 Å². The second kappa shape index (κ2) is 34.5. The number of nitrogens with one attached hydrogen (secondary N) is 6. The van der Waals surface area contributed by atoms with E-state index in [1.165, 1.54) is 12.3 Å². The minimum absolute atomic E-state index is 0.0482. The highest BCUT2D eigenvalue weighted by molar-refractivity contribution is 5.98. The van der Waals surface area contributed by atoms with E-state index in [9.17, 15) is 77.3 Å². The van der Waals surface area contributed by atoms with Gasteiger partial charge in [-0.15, -0.1) is 0 Å². The monoisotopic (exact) mass is 1150 g/mol. The minimum atomic E-state index is -3.23. The van der Waals surface area contributed by atoms with Gasteiger partial charge < -0.3 is 52.1 Å². The SMILES string of the molecule is Cc1ccc(CCCC(=O)NCCNC(=O)C(CCCCNC(=O)CN2CCN(CC(=O)O)CCN(CC(=O)O)CCN(CC(=O)O)CC2)NC(=O)CCC(=O)NCc2cc(C(=O)NCC(=O)N3CC(F)(F)C[C@H]3C#N)c(C)cn2)cc1. The molecule has 2 aromatic rings. The third kappa shape index (κ3) is 25.8. The minimum Gasteiger partial charge on any atom is -0.480 e. The molecule has 2 aliphatic heterocycles. The molecule has 2 atom stereocenters. The van der Waals surface area contributed by atoms with Crippen molar-refractivity contribution in [1.29, 1.82) is 5.26 Å². The molecule has 450 valence electrons. The number of halogens is 2. The fraction of sp³-hybridized carbons (Fsp3) is 0.593. The van der Waals surface area contributed by atoms with E-state index in [0.29, 0.717) is 24.8 Å². The van der Waals surface area contributed by atoms with Crippen LogP contribution in [0.1, 0.15) is 84.1 Å². The third-order valence-corrected chi connectivity index (χ3v) is 13.6. The average molecular weight is 1150 g/mol. The van der Waals surface area contributed by atoms with E-state index in [4.69, 9.17) is 0 Å². The molecule has 26 nitrogen and oxygen atoms in total. The summed E-state index contributed by atoms with van der Waals surface area (Å²) in [6, 6.07) is 8.68. The Bertz CT molecular complexity index is 2540. The number of nitrogens with zero attached hydrogens (tertiary/aromatic N) is 7. The maximum atomic E-state index is 13.9. The number of rotatable bonds is 30. The van der Waals surface area contributed by atoms with Gasteiger partial charge in [-0.3, -0.25) is 72.5 Å². The van der Waals surface area contributed by atoms with Crippen LogP contribution in [-0.4, -0.2) is 233 Å². The molecular formula is C54H77F2N13O13. The lowest BCUT2D eigenvalue weighted by atomic mass is 10.1. The molecule has 4 rings (SSSR count). The Labute approximate surface area is 474 Å². The molecule has 7 amide bonds. The molecule has 2 fully saturated rings. The number of benzene rings is 1. The molecule has 0 radical (unpaired) electrons. The maximum Gasteiger partial charge on any atom is 0.317 e. The first kappa shape index (κ1) is 66.8. The van der Waals surface area contributed by atoms with Crippen LogP contribution in [0, 0.1) is 25.2 Å². The topological polar surface area (TPSA) is 356 Å². The Morgan fingerprint density at radius 1 is 0.671 bits per heavy atom. The van der Waals surface area contributed by atoms with E-state index < -0.39 is 85.0 Å². The fourth-order valence-corrected chi connectivity index (χ4v) is 9.05. The van der Waals surface area contributed by atoms with Crippen molar-refractivity contribution >= 4 is 59.3 Å². The van der Waals surface area contributed by atoms with Crippen LogP contribution < -0.4 is 31.9 Å². The highest BCUT2D eigenvalue weighted by Gasteiger charge is 2.47. The van der Waals surface area contributed by atoms with Crippen LogP contribution in [0.15, 0.2) is 36.5 Å². The predicted molar refractivity (Wildman–Crippen MR) is 291 cm³/mol. The number of aryl methyl sites for hydroxylation is 3. The van der Waals surface area contributed by atoms with Crippen molar-refractivity contribution in [2.45, 2.75) is 96.2 Å². The smallest absolute Gasteiger partial charge is 0.317 e. The molecule has 0 saturated carbocycles. The van der Waals surface area contributed by atoms with Gasteiger partial charge in [0.2, 0.25) is 35.4 Å². The summed E-state index contributed by atoms with van der Waals surface area (Å²) < 4.78 is 27.7. The molecule has 0 spiro atoms. The molecule has 1 unspecified atom stereocenters. The van der Waals surface area contributed by atoms with E-state index in [0.717, 1.165) is 22.4 Å². The number of carboxylic acids is 3. The maximum absolute atomic E-state index is 13.9. The summed E-state index contributed by atoms with van der Waals surface area (Å²) in [5.41, 5.74) is 2.99. The zero-order valence-corrected chi connectivity index (χ0v) is 46.5. The van der Waals surface area contributed by atoms with E-state index in [-0.39, 0.29) is 153 Å². The number of likely N-dealkylation sites (tertiary alicyclic amines) is 1. The largest absolute Gasteiger partial charge is 0.480 e. The molecule has 9 N–H and O–H groups in total. The zero-order valence-electron chi connectivity index (χ0n) is 46.5. The van der Waals surface area contributed by atoms with Crippen LogP contribution in [0.5, 0.6) is 0 Å². The molecule has 28 heteroatoms. The number of hydrogen-bond acceptors (Lipinski definition) is 16. The summed E-state index contributed by atoms with van der Waals surface area (Å²) in [4.78, 5) is 138. The van der Waals surface area contributed by atoms with Gasteiger partial charge in [-0.05, 0) is 63.1 Å². The van der Waals surface area contributed by atoms with Crippen molar-refractivity contribution in [3.63, 3.8) is 0 Å². The Balaban J connectivity index is 1.29. The molecule has 1 aromatic heterocycles. The molecule has 3 heterocycles. The van der Waals surface area contributed by atoms with E-state index in [1.54, 1.807) is 32.6 Å². The molecule has 0 bridgehead atoms. The van der Waals surface area contributed by atoms with Crippen LogP contribution in [-0.2, 0) is 56.1 Å². The van der Waals surface area contributed by atoms with E-state index in [2.05, 4.69) is 36.9 Å². The van der Waals surface area contributed by atoms with Crippen LogP contribution in [0.2, 0.25) is 0 Å². The normalized spacial score (nSPS) is 16.7.